The lowest BCUT2D eigenvalue weighted by molar-refractivity contribution is 0.0303. The fourth-order valence-corrected chi connectivity index (χ4v) is 2.59. The molecule has 1 aliphatic heterocycles. The molecule has 0 bridgehead atoms. The zero-order valence-corrected chi connectivity index (χ0v) is 13.2. The molecule has 1 aromatic heterocycles. The summed E-state index contributed by atoms with van der Waals surface area (Å²) in [6, 6.07) is 5.46. The van der Waals surface area contributed by atoms with Gasteiger partial charge in [0.1, 0.15) is 5.69 Å². The van der Waals surface area contributed by atoms with Crippen molar-refractivity contribution < 1.29 is 19.0 Å². The summed E-state index contributed by atoms with van der Waals surface area (Å²) in [5, 5.41) is 7.02. The molecular formula is C16H19N3O4. The molecule has 1 aromatic carbocycles. The second kappa shape index (κ2) is 6.70. The molecule has 7 heteroatoms. The summed E-state index contributed by atoms with van der Waals surface area (Å²) in [6.07, 6.45) is 1.63. The highest BCUT2D eigenvalue weighted by atomic mass is 16.5. The Balaban J connectivity index is 1.92. The first-order chi connectivity index (χ1) is 11.2. The summed E-state index contributed by atoms with van der Waals surface area (Å²) in [5.74, 6) is 1.18. The predicted molar refractivity (Wildman–Crippen MR) is 83.9 cm³/mol. The van der Waals surface area contributed by atoms with E-state index < -0.39 is 0 Å². The van der Waals surface area contributed by atoms with Crippen molar-refractivity contribution in [3.8, 4) is 22.8 Å². The Kier molecular flexibility index (Phi) is 4.47. The largest absolute Gasteiger partial charge is 0.493 e. The molecule has 0 radical (unpaired) electrons. The lowest BCUT2D eigenvalue weighted by Gasteiger charge is -2.26. The Morgan fingerprint density at radius 3 is 2.65 bits per heavy atom. The first kappa shape index (κ1) is 15.4. The third-order valence-corrected chi connectivity index (χ3v) is 3.83. The van der Waals surface area contributed by atoms with Gasteiger partial charge in [0.15, 0.2) is 11.5 Å². The van der Waals surface area contributed by atoms with E-state index in [1.54, 1.807) is 31.4 Å². The summed E-state index contributed by atoms with van der Waals surface area (Å²) in [6.45, 7) is 2.31. The highest BCUT2D eigenvalue weighted by molar-refractivity contribution is 5.99. The van der Waals surface area contributed by atoms with Gasteiger partial charge in [-0.25, -0.2) is 0 Å². The van der Waals surface area contributed by atoms with Crippen molar-refractivity contribution in [3.63, 3.8) is 0 Å². The van der Waals surface area contributed by atoms with Crippen molar-refractivity contribution in [2.24, 2.45) is 0 Å². The topological polar surface area (TPSA) is 76.7 Å². The first-order valence-electron chi connectivity index (χ1n) is 7.37. The number of hydrogen-bond donors (Lipinski definition) is 1. The third kappa shape index (κ3) is 3.00. The number of carbonyl (C=O) groups is 1. The van der Waals surface area contributed by atoms with Gasteiger partial charge in [0.25, 0.3) is 5.91 Å². The molecule has 3 rings (SSSR count). The molecule has 2 aromatic rings. The molecule has 23 heavy (non-hydrogen) atoms. The highest BCUT2D eigenvalue weighted by Crippen LogP contribution is 2.33. The SMILES string of the molecule is COc1ccc(-c2n[nH]cc2C(=O)N2CCOCC2)cc1OC. The van der Waals surface area contributed by atoms with Gasteiger partial charge in [0, 0.05) is 24.8 Å². The highest BCUT2D eigenvalue weighted by Gasteiger charge is 2.23. The van der Waals surface area contributed by atoms with Crippen LogP contribution in [0.1, 0.15) is 10.4 Å². The minimum Gasteiger partial charge on any atom is -0.493 e. The monoisotopic (exact) mass is 317 g/mol. The van der Waals surface area contributed by atoms with Gasteiger partial charge in [-0.2, -0.15) is 5.10 Å². The maximum atomic E-state index is 12.7. The maximum Gasteiger partial charge on any atom is 0.257 e. The van der Waals surface area contributed by atoms with Crippen molar-refractivity contribution in [1.82, 2.24) is 15.1 Å². The van der Waals surface area contributed by atoms with Gasteiger partial charge < -0.3 is 19.1 Å². The van der Waals surface area contributed by atoms with Crippen LogP contribution in [0.3, 0.4) is 0 Å². The fourth-order valence-electron chi connectivity index (χ4n) is 2.59. The number of benzene rings is 1. The smallest absolute Gasteiger partial charge is 0.257 e. The molecular weight excluding hydrogens is 298 g/mol. The normalized spacial score (nSPS) is 14.6. The number of carbonyl (C=O) groups excluding carboxylic acids is 1. The number of H-pyrrole nitrogens is 1. The minimum atomic E-state index is -0.0492. The van der Waals surface area contributed by atoms with E-state index in [1.165, 1.54) is 0 Å². The average Bonchev–Trinajstić information content (AvgIpc) is 3.10. The molecule has 0 spiro atoms. The Morgan fingerprint density at radius 1 is 1.22 bits per heavy atom. The van der Waals surface area contributed by atoms with Crippen LogP contribution in [0.4, 0.5) is 0 Å². The van der Waals surface area contributed by atoms with Crippen molar-refractivity contribution >= 4 is 5.91 Å². The molecule has 1 fully saturated rings. The third-order valence-electron chi connectivity index (χ3n) is 3.83. The first-order valence-corrected chi connectivity index (χ1v) is 7.37. The lowest BCUT2D eigenvalue weighted by atomic mass is 10.1. The molecule has 122 valence electrons. The zero-order valence-electron chi connectivity index (χ0n) is 13.2. The average molecular weight is 317 g/mol. The Labute approximate surface area is 134 Å². The summed E-state index contributed by atoms with van der Waals surface area (Å²) in [4.78, 5) is 14.5. The van der Waals surface area contributed by atoms with E-state index in [4.69, 9.17) is 14.2 Å². The summed E-state index contributed by atoms with van der Waals surface area (Å²) in [7, 11) is 3.16. The van der Waals surface area contributed by atoms with Crippen LogP contribution >= 0.6 is 0 Å². The lowest BCUT2D eigenvalue weighted by Crippen LogP contribution is -2.40. The number of nitrogens with one attached hydrogen (secondary N) is 1. The van der Waals surface area contributed by atoms with E-state index >= 15 is 0 Å². The Morgan fingerprint density at radius 2 is 1.96 bits per heavy atom. The van der Waals surface area contributed by atoms with Crippen LogP contribution in [0.5, 0.6) is 11.5 Å². The standard InChI is InChI=1S/C16H19N3O4/c1-21-13-4-3-11(9-14(13)22-2)15-12(10-17-18-15)16(20)19-5-7-23-8-6-19/h3-4,9-10H,5-8H2,1-2H3,(H,17,18). The van der Waals surface area contributed by atoms with Gasteiger partial charge in [-0.15, -0.1) is 0 Å². The molecule has 0 unspecified atom stereocenters. The number of aromatic nitrogens is 2. The Hall–Kier alpha value is -2.54. The number of morpholine rings is 1. The summed E-state index contributed by atoms with van der Waals surface area (Å²) in [5.41, 5.74) is 1.93. The van der Waals surface area contributed by atoms with Gasteiger partial charge in [-0.3, -0.25) is 9.89 Å². The number of ether oxygens (including phenoxy) is 3. The molecule has 1 saturated heterocycles. The summed E-state index contributed by atoms with van der Waals surface area (Å²) >= 11 is 0. The van der Waals surface area contributed by atoms with Crippen LogP contribution in [-0.2, 0) is 4.74 Å². The fraction of sp³-hybridized carbons (Fsp3) is 0.375. The van der Waals surface area contributed by atoms with Gasteiger partial charge in [-0.1, -0.05) is 0 Å². The van der Waals surface area contributed by atoms with Crippen LogP contribution in [0.2, 0.25) is 0 Å². The van der Waals surface area contributed by atoms with E-state index in [0.29, 0.717) is 49.1 Å². The number of aromatic amines is 1. The number of hydrogen-bond acceptors (Lipinski definition) is 5. The van der Waals surface area contributed by atoms with E-state index in [0.717, 1.165) is 5.56 Å². The van der Waals surface area contributed by atoms with E-state index in [1.807, 2.05) is 12.1 Å². The zero-order chi connectivity index (χ0) is 16.2. The van der Waals surface area contributed by atoms with E-state index in [-0.39, 0.29) is 5.91 Å². The van der Waals surface area contributed by atoms with Gasteiger partial charge in [-0.05, 0) is 18.2 Å². The second-order valence-electron chi connectivity index (χ2n) is 5.12. The molecule has 1 N–H and O–H groups in total. The van der Waals surface area contributed by atoms with Crippen molar-refractivity contribution in [2.45, 2.75) is 0 Å². The summed E-state index contributed by atoms with van der Waals surface area (Å²) < 4.78 is 15.8. The number of methoxy groups -OCH3 is 2. The molecule has 0 atom stereocenters. The van der Waals surface area contributed by atoms with Gasteiger partial charge in [0.05, 0.1) is 33.0 Å². The van der Waals surface area contributed by atoms with Gasteiger partial charge in [0.2, 0.25) is 0 Å². The van der Waals surface area contributed by atoms with E-state index in [2.05, 4.69) is 10.2 Å². The Bertz CT molecular complexity index is 692. The van der Waals surface area contributed by atoms with Crippen molar-refractivity contribution in [1.29, 1.82) is 0 Å². The molecule has 0 aliphatic carbocycles. The van der Waals surface area contributed by atoms with Crippen LogP contribution in [0.25, 0.3) is 11.3 Å². The molecule has 1 amide bonds. The maximum absolute atomic E-state index is 12.7. The number of rotatable bonds is 4. The van der Waals surface area contributed by atoms with Crippen LogP contribution in [-0.4, -0.2) is 61.5 Å². The molecule has 2 heterocycles. The molecule has 0 saturated carbocycles. The van der Waals surface area contributed by atoms with Crippen LogP contribution in [0.15, 0.2) is 24.4 Å². The van der Waals surface area contributed by atoms with Crippen LogP contribution < -0.4 is 9.47 Å². The molecule has 1 aliphatic rings. The quantitative estimate of drug-likeness (QED) is 0.926. The van der Waals surface area contributed by atoms with Crippen molar-refractivity contribution in [2.75, 3.05) is 40.5 Å². The van der Waals surface area contributed by atoms with E-state index in [9.17, 15) is 4.79 Å². The van der Waals surface area contributed by atoms with Crippen molar-refractivity contribution in [3.05, 3.63) is 30.0 Å². The molecule has 7 nitrogen and oxygen atoms in total. The predicted octanol–water partition coefficient (Wildman–Crippen LogP) is 1.57. The van der Waals surface area contributed by atoms with Crippen LogP contribution in [0, 0.1) is 0 Å². The second-order valence-corrected chi connectivity index (χ2v) is 5.12. The minimum absolute atomic E-state index is 0.0492. The number of nitrogens with zero attached hydrogens (tertiary/aromatic N) is 2. The van der Waals surface area contributed by atoms with Gasteiger partial charge >= 0.3 is 0 Å². The number of amides is 1.